The van der Waals surface area contributed by atoms with Gasteiger partial charge in [-0.3, -0.25) is 0 Å². The molecule has 4 atom stereocenters. The van der Waals surface area contributed by atoms with Gasteiger partial charge in [0.05, 0.1) is 0 Å². The Morgan fingerprint density at radius 3 is 1.21 bits per heavy atom. The maximum Gasteiger partial charge on any atom is 2.00 e. The van der Waals surface area contributed by atoms with E-state index in [9.17, 15) is 19.8 Å². The van der Waals surface area contributed by atoms with Crippen LogP contribution in [-0.2, 0) is 9.59 Å². The van der Waals surface area contributed by atoms with Crippen LogP contribution < -0.4 is 10.2 Å². The van der Waals surface area contributed by atoms with Gasteiger partial charge in [-0.25, -0.2) is 0 Å². The summed E-state index contributed by atoms with van der Waals surface area (Å²) in [6.45, 7) is 11.8. The molecule has 0 spiro atoms. The molecule has 2 aliphatic carbocycles. The summed E-state index contributed by atoms with van der Waals surface area (Å²) in [6.07, 6.45) is 11.7. The first-order chi connectivity index (χ1) is 17.8. The van der Waals surface area contributed by atoms with E-state index in [0.29, 0.717) is 12.8 Å². The van der Waals surface area contributed by atoms with Gasteiger partial charge in [0, 0.05) is 22.8 Å². The number of hydrogen-bond acceptors (Lipinski definition) is 4. The Morgan fingerprint density at radius 1 is 0.641 bits per heavy atom. The largest absolute Gasteiger partial charge is 2.00 e. The standard InChI is InChI=1S/2C17H22O2.Ca/c2*1-16(2)14(11-12-17(16,3)15(18)19)10-9-13-7-5-4-6-8-13;/h2*4-10,14H,11-12H2,1-3H3,(H,18,19);/q;;+2/p-2. The van der Waals surface area contributed by atoms with Crippen LogP contribution in [0, 0.1) is 33.5 Å². The fourth-order valence-electron chi connectivity index (χ4n) is 6.06. The maximum absolute atomic E-state index is 11.4. The Balaban J connectivity index is 0.000000267. The molecular weight excluding hydrogens is 512 g/mol. The summed E-state index contributed by atoms with van der Waals surface area (Å²) >= 11 is 0. The summed E-state index contributed by atoms with van der Waals surface area (Å²) in [4.78, 5) is 22.8. The monoisotopic (exact) mass is 554 g/mol. The molecule has 2 saturated carbocycles. The van der Waals surface area contributed by atoms with Gasteiger partial charge in [-0.1, -0.05) is 127 Å². The first-order valence-corrected chi connectivity index (χ1v) is 13.6. The number of hydrogen-bond donors (Lipinski definition) is 0. The average molecular weight is 555 g/mol. The first kappa shape index (κ1) is 33.3. The van der Waals surface area contributed by atoms with Gasteiger partial charge in [-0.2, -0.15) is 0 Å². The van der Waals surface area contributed by atoms with Crippen LogP contribution in [0.3, 0.4) is 0 Å². The summed E-state index contributed by atoms with van der Waals surface area (Å²) in [6, 6.07) is 20.2. The number of rotatable bonds is 6. The molecule has 204 valence electrons. The summed E-state index contributed by atoms with van der Waals surface area (Å²) in [5.74, 6) is -1.30. The first-order valence-electron chi connectivity index (χ1n) is 13.6. The SMILES string of the molecule is CC1(C(=O)[O-])CCC(C=Cc2ccccc2)C1(C)C.CC1(C(=O)[O-])CCC(C=Cc2ccccc2)C1(C)C.[Ca+2]. The van der Waals surface area contributed by atoms with Gasteiger partial charge in [0.1, 0.15) is 0 Å². The molecule has 2 fully saturated rings. The Labute approximate surface area is 264 Å². The minimum atomic E-state index is -0.923. The van der Waals surface area contributed by atoms with Crippen LogP contribution >= 0.6 is 0 Å². The molecule has 5 heteroatoms. The number of benzene rings is 2. The molecule has 2 aliphatic rings. The van der Waals surface area contributed by atoms with Crippen molar-refractivity contribution in [3.63, 3.8) is 0 Å². The third-order valence-electron chi connectivity index (χ3n) is 10.2. The Hall–Kier alpha value is -1.88. The zero-order chi connectivity index (χ0) is 28.2. The summed E-state index contributed by atoms with van der Waals surface area (Å²) in [7, 11) is 0. The normalized spacial score (nSPS) is 29.0. The molecule has 0 aliphatic heterocycles. The Bertz CT molecular complexity index is 1070. The molecule has 0 bridgehead atoms. The molecule has 0 heterocycles. The van der Waals surface area contributed by atoms with Crippen molar-refractivity contribution in [3.8, 4) is 0 Å². The minimum Gasteiger partial charge on any atom is -0.550 e. The Morgan fingerprint density at radius 2 is 0.949 bits per heavy atom. The third kappa shape index (κ3) is 6.89. The second-order valence-corrected chi connectivity index (χ2v) is 12.5. The summed E-state index contributed by atoms with van der Waals surface area (Å²) in [5.41, 5.74) is 0.270. The number of aliphatic carboxylic acids is 2. The number of carbonyl (C=O) groups excluding carboxylic acids is 2. The molecule has 0 amide bonds. The zero-order valence-corrected chi connectivity index (χ0v) is 26.6. The van der Waals surface area contributed by atoms with Crippen LogP contribution in [0.4, 0.5) is 0 Å². The second-order valence-electron chi connectivity index (χ2n) is 12.5. The molecular formula is C34H42CaO4. The predicted octanol–water partition coefficient (Wildman–Crippen LogP) is 5.40. The van der Waals surface area contributed by atoms with Crippen LogP contribution in [-0.4, -0.2) is 49.7 Å². The topological polar surface area (TPSA) is 80.3 Å². The van der Waals surface area contributed by atoms with Gasteiger partial charge in [0.15, 0.2) is 0 Å². The van der Waals surface area contributed by atoms with E-state index < -0.39 is 22.8 Å². The van der Waals surface area contributed by atoms with Crippen molar-refractivity contribution in [1.29, 1.82) is 0 Å². The van der Waals surface area contributed by atoms with Gasteiger partial charge >= 0.3 is 37.7 Å². The molecule has 0 N–H and O–H groups in total. The van der Waals surface area contributed by atoms with E-state index in [1.807, 2.05) is 77.9 Å². The molecule has 4 nitrogen and oxygen atoms in total. The van der Waals surface area contributed by atoms with Crippen molar-refractivity contribution < 1.29 is 19.8 Å². The Kier molecular flexibility index (Phi) is 11.3. The zero-order valence-electron chi connectivity index (χ0n) is 24.4. The summed E-state index contributed by atoms with van der Waals surface area (Å²) in [5, 5.41) is 22.8. The van der Waals surface area contributed by atoms with Gasteiger partial charge in [0.2, 0.25) is 0 Å². The fraction of sp³-hybridized carbons (Fsp3) is 0.471. The molecule has 2 aromatic rings. The number of carbonyl (C=O) groups is 2. The van der Waals surface area contributed by atoms with E-state index >= 15 is 0 Å². The third-order valence-corrected chi connectivity index (χ3v) is 10.2. The van der Waals surface area contributed by atoms with Crippen molar-refractivity contribution in [2.24, 2.45) is 33.5 Å². The maximum atomic E-state index is 11.4. The van der Waals surface area contributed by atoms with Gasteiger partial charge in [-0.15, -0.1) is 0 Å². The molecule has 0 saturated heterocycles. The molecule has 0 radical (unpaired) electrons. The van der Waals surface area contributed by atoms with E-state index in [2.05, 4.69) is 48.6 Å². The number of carboxylic acid groups (broad SMARTS) is 2. The van der Waals surface area contributed by atoms with E-state index in [-0.39, 0.29) is 60.4 Å². The van der Waals surface area contributed by atoms with Crippen LogP contribution in [0.2, 0.25) is 0 Å². The number of allylic oxidation sites excluding steroid dienone is 2. The van der Waals surface area contributed by atoms with E-state index in [1.54, 1.807) is 0 Å². The second kappa shape index (κ2) is 13.2. The van der Waals surface area contributed by atoms with Crippen molar-refractivity contribution in [3.05, 3.63) is 83.9 Å². The van der Waals surface area contributed by atoms with Crippen molar-refractivity contribution in [2.45, 2.75) is 67.2 Å². The molecule has 4 unspecified atom stereocenters. The van der Waals surface area contributed by atoms with Gasteiger partial charge < -0.3 is 19.8 Å². The van der Waals surface area contributed by atoms with E-state index in [4.69, 9.17) is 0 Å². The molecule has 0 aromatic heterocycles. The summed E-state index contributed by atoms with van der Waals surface area (Å²) < 4.78 is 0. The van der Waals surface area contributed by atoms with E-state index in [1.165, 1.54) is 0 Å². The van der Waals surface area contributed by atoms with Crippen LogP contribution in [0.5, 0.6) is 0 Å². The smallest absolute Gasteiger partial charge is 0.550 e. The van der Waals surface area contributed by atoms with Gasteiger partial charge in [-0.05, 0) is 59.5 Å². The molecule has 39 heavy (non-hydrogen) atoms. The van der Waals surface area contributed by atoms with Crippen LogP contribution in [0.25, 0.3) is 12.2 Å². The van der Waals surface area contributed by atoms with Crippen molar-refractivity contribution in [2.75, 3.05) is 0 Å². The molecule has 2 aromatic carbocycles. The molecule has 4 rings (SSSR count). The van der Waals surface area contributed by atoms with E-state index in [0.717, 1.165) is 24.0 Å². The number of carboxylic acids is 2. The van der Waals surface area contributed by atoms with Crippen molar-refractivity contribution >= 4 is 61.8 Å². The minimum absolute atomic E-state index is 0. The van der Waals surface area contributed by atoms with Crippen molar-refractivity contribution in [1.82, 2.24) is 0 Å². The quantitative estimate of drug-likeness (QED) is 0.448. The van der Waals surface area contributed by atoms with Crippen LogP contribution in [0.15, 0.2) is 72.8 Å². The van der Waals surface area contributed by atoms with Gasteiger partial charge in [0.25, 0.3) is 0 Å². The predicted molar refractivity (Wildman–Crippen MR) is 156 cm³/mol. The fourth-order valence-corrected chi connectivity index (χ4v) is 6.06. The average Bonchev–Trinajstić information content (AvgIpc) is 3.26. The van der Waals surface area contributed by atoms with Crippen LogP contribution in [0.1, 0.15) is 78.4 Å².